The summed E-state index contributed by atoms with van der Waals surface area (Å²) in [7, 11) is 0. The minimum atomic E-state index is 0.553. The third-order valence-electron chi connectivity index (χ3n) is 2.27. The van der Waals surface area contributed by atoms with E-state index in [-0.39, 0.29) is 0 Å². The van der Waals surface area contributed by atoms with E-state index in [9.17, 15) is 4.79 Å². The molecule has 0 saturated carbocycles. The van der Waals surface area contributed by atoms with Gasteiger partial charge in [0.25, 0.3) is 0 Å². The number of aryl methyl sites for hydroxylation is 1. The third-order valence-corrected chi connectivity index (χ3v) is 2.44. The van der Waals surface area contributed by atoms with Crippen molar-refractivity contribution in [2.75, 3.05) is 5.88 Å². The van der Waals surface area contributed by atoms with Gasteiger partial charge in [-0.2, -0.15) is 0 Å². The first-order valence-corrected chi connectivity index (χ1v) is 4.99. The molecule has 0 aliphatic rings. The Kier molecular flexibility index (Phi) is 2.55. The van der Waals surface area contributed by atoms with E-state index in [4.69, 9.17) is 11.6 Å². The first kappa shape index (κ1) is 9.28. The van der Waals surface area contributed by atoms with Gasteiger partial charge >= 0.3 is 0 Å². The second-order valence-electron chi connectivity index (χ2n) is 3.10. The summed E-state index contributed by atoms with van der Waals surface area (Å²) in [6.45, 7) is 0.732. The summed E-state index contributed by atoms with van der Waals surface area (Å²) in [5, 5.41) is 0.993. The van der Waals surface area contributed by atoms with Crippen molar-refractivity contribution in [1.29, 1.82) is 0 Å². The van der Waals surface area contributed by atoms with E-state index in [1.54, 1.807) is 0 Å². The van der Waals surface area contributed by atoms with Crippen LogP contribution >= 0.6 is 11.6 Å². The van der Waals surface area contributed by atoms with Crippen LogP contribution in [-0.4, -0.2) is 16.7 Å². The second kappa shape index (κ2) is 3.84. The number of halogens is 1. The molecule has 0 bridgehead atoms. The maximum Gasteiger partial charge on any atom is 0.152 e. The van der Waals surface area contributed by atoms with Crippen LogP contribution in [0, 0.1) is 0 Å². The maximum absolute atomic E-state index is 10.8. The Hall–Kier alpha value is -1.28. The molecular weight excluding hydrogens is 198 g/mol. The Morgan fingerprint density at radius 2 is 2.14 bits per heavy atom. The van der Waals surface area contributed by atoms with Gasteiger partial charge in [0.2, 0.25) is 0 Å². The lowest BCUT2D eigenvalue weighted by atomic mass is 10.2. The van der Waals surface area contributed by atoms with Crippen LogP contribution in [-0.2, 0) is 6.54 Å². The van der Waals surface area contributed by atoms with E-state index in [1.807, 2.05) is 35.0 Å². The van der Waals surface area contributed by atoms with Crippen LogP contribution in [0.15, 0.2) is 30.5 Å². The van der Waals surface area contributed by atoms with Crippen molar-refractivity contribution in [2.45, 2.75) is 6.54 Å². The fourth-order valence-corrected chi connectivity index (χ4v) is 1.83. The first-order valence-electron chi connectivity index (χ1n) is 4.46. The number of carbonyl (C=O) groups is 1. The van der Waals surface area contributed by atoms with Crippen LogP contribution in [0.3, 0.4) is 0 Å². The summed E-state index contributed by atoms with van der Waals surface area (Å²) in [5.41, 5.74) is 1.79. The zero-order chi connectivity index (χ0) is 9.97. The molecule has 0 unspecified atom stereocenters. The van der Waals surface area contributed by atoms with Gasteiger partial charge in [-0.1, -0.05) is 18.2 Å². The van der Waals surface area contributed by atoms with Crippen molar-refractivity contribution in [1.82, 2.24) is 4.57 Å². The molecule has 0 N–H and O–H groups in total. The summed E-state index contributed by atoms with van der Waals surface area (Å²) in [6, 6.07) is 7.83. The number of hydrogen-bond acceptors (Lipinski definition) is 1. The van der Waals surface area contributed by atoms with Gasteiger partial charge in [0, 0.05) is 35.1 Å². The van der Waals surface area contributed by atoms with Gasteiger partial charge in [-0.3, -0.25) is 4.79 Å². The van der Waals surface area contributed by atoms with E-state index < -0.39 is 0 Å². The van der Waals surface area contributed by atoms with E-state index in [0.717, 1.165) is 29.3 Å². The lowest BCUT2D eigenvalue weighted by Gasteiger charge is -2.00. The predicted molar refractivity (Wildman–Crippen MR) is 58.0 cm³/mol. The minimum absolute atomic E-state index is 0.553. The van der Waals surface area contributed by atoms with Gasteiger partial charge in [0.1, 0.15) is 0 Å². The summed E-state index contributed by atoms with van der Waals surface area (Å²) < 4.78 is 2.01. The Morgan fingerprint density at radius 1 is 1.36 bits per heavy atom. The van der Waals surface area contributed by atoms with Gasteiger partial charge < -0.3 is 4.57 Å². The van der Waals surface area contributed by atoms with Crippen molar-refractivity contribution in [3.8, 4) is 0 Å². The average molecular weight is 208 g/mol. The average Bonchev–Trinajstić information content (AvgIpc) is 2.58. The second-order valence-corrected chi connectivity index (χ2v) is 3.48. The Labute approximate surface area is 87.1 Å². The van der Waals surface area contributed by atoms with Crippen LogP contribution in [0.5, 0.6) is 0 Å². The molecule has 0 atom stereocenters. The molecule has 1 aromatic heterocycles. The quantitative estimate of drug-likeness (QED) is 0.560. The van der Waals surface area contributed by atoms with Crippen LogP contribution in [0.4, 0.5) is 0 Å². The maximum atomic E-state index is 10.8. The highest BCUT2D eigenvalue weighted by Gasteiger charge is 2.05. The van der Waals surface area contributed by atoms with E-state index in [0.29, 0.717) is 5.88 Å². The Balaban J connectivity index is 2.66. The number of aldehydes is 1. The number of hydrogen-bond donors (Lipinski definition) is 0. The zero-order valence-corrected chi connectivity index (χ0v) is 8.37. The molecule has 0 aliphatic carbocycles. The Bertz CT molecular complexity index is 461. The molecule has 14 heavy (non-hydrogen) atoms. The number of aromatic nitrogens is 1. The van der Waals surface area contributed by atoms with Crippen molar-refractivity contribution in [3.63, 3.8) is 0 Å². The number of rotatable bonds is 3. The molecule has 72 valence electrons. The number of para-hydroxylation sites is 1. The van der Waals surface area contributed by atoms with Crippen molar-refractivity contribution < 1.29 is 4.79 Å². The highest BCUT2D eigenvalue weighted by Crippen LogP contribution is 2.19. The summed E-state index contributed by atoms with van der Waals surface area (Å²) >= 11 is 5.68. The van der Waals surface area contributed by atoms with Crippen LogP contribution in [0.2, 0.25) is 0 Å². The third kappa shape index (κ3) is 1.42. The molecule has 1 aromatic carbocycles. The van der Waals surface area contributed by atoms with Crippen LogP contribution < -0.4 is 0 Å². The predicted octanol–water partition coefficient (Wildman–Crippen LogP) is 2.69. The minimum Gasteiger partial charge on any atom is -0.346 e. The van der Waals surface area contributed by atoms with E-state index in [2.05, 4.69) is 0 Å². The van der Waals surface area contributed by atoms with E-state index >= 15 is 0 Å². The zero-order valence-electron chi connectivity index (χ0n) is 7.61. The molecule has 3 heteroatoms. The molecule has 0 fully saturated rings. The fourth-order valence-electron chi connectivity index (χ4n) is 1.65. The molecule has 1 heterocycles. The topological polar surface area (TPSA) is 22.0 Å². The normalized spacial score (nSPS) is 10.6. The molecule has 2 aromatic rings. The van der Waals surface area contributed by atoms with Gasteiger partial charge in [-0.05, 0) is 6.07 Å². The lowest BCUT2D eigenvalue weighted by molar-refractivity contribution is 0.112. The molecule has 0 saturated heterocycles. The Morgan fingerprint density at radius 3 is 2.86 bits per heavy atom. The van der Waals surface area contributed by atoms with Crippen LogP contribution in [0.25, 0.3) is 10.9 Å². The largest absolute Gasteiger partial charge is 0.346 e. The molecule has 2 nitrogen and oxygen atoms in total. The van der Waals surface area contributed by atoms with Crippen molar-refractivity contribution in [2.24, 2.45) is 0 Å². The summed E-state index contributed by atoms with van der Waals surface area (Å²) in [5.74, 6) is 0.553. The van der Waals surface area contributed by atoms with Gasteiger partial charge in [0.05, 0.1) is 0 Å². The molecular formula is C11H10ClNO. The SMILES string of the molecule is O=Cc1cn(CCCl)c2ccccc12. The molecule has 0 spiro atoms. The lowest BCUT2D eigenvalue weighted by Crippen LogP contribution is -1.96. The standard InChI is InChI=1S/C11H10ClNO/c12-5-6-13-7-9(8-14)10-3-1-2-4-11(10)13/h1-4,7-8H,5-6H2. The van der Waals surface area contributed by atoms with E-state index in [1.165, 1.54) is 0 Å². The number of carbonyl (C=O) groups excluding carboxylic acids is 1. The van der Waals surface area contributed by atoms with Crippen molar-refractivity contribution in [3.05, 3.63) is 36.0 Å². The van der Waals surface area contributed by atoms with Crippen molar-refractivity contribution >= 4 is 28.8 Å². The summed E-state index contributed by atoms with van der Waals surface area (Å²) in [4.78, 5) is 10.8. The number of alkyl halides is 1. The number of benzene rings is 1. The van der Waals surface area contributed by atoms with Gasteiger partial charge in [0.15, 0.2) is 6.29 Å². The number of nitrogens with zero attached hydrogens (tertiary/aromatic N) is 1. The monoisotopic (exact) mass is 207 g/mol. The highest BCUT2D eigenvalue weighted by atomic mass is 35.5. The molecule has 0 aliphatic heterocycles. The van der Waals surface area contributed by atoms with Crippen LogP contribution in [0.1, 0.15) is 10.4 Å². The summed E-state index contributed by atoms with van der Waals surface area (Å²) in [6.07, 6.45) is 2.73. The van der Waals surface area contributed by atoms with Gasteiger partial charge in [-0.25, -0.2) is 0 Å². The highest BCUT2D eigenvalue weighted by molar-refractivity contribution is 6.17. The molecule has 2 rings (SSSR count). The first-order chi connectivity index (χ1) is 6.86. The molecule has 0 radical (unpaired) electrons. The fraction of sp³-hybridized carbons (Fsp3) is 0.182. The van der Waals surface area contributed by atoms with Gasteiger partial charge in [-0.15, -0.1) is 11.6 Å². The molecule has 0 amide bonds. The smallest absolute Gasteiger partial charge is 0.152 e. The number of fused-ring (bicyclic) bond motifs is 1.